The summed E-state index contributed by atoms with van der Waals surface area (Å²) in [6.07, 6.45) is 3.29. The Bertz CT molecular complexity index is 553. The lowest BCUT2D eigenvalue weighted by atomic mass is 9.77. The van der Waals surface area contributed by atoms with Gasteiger partial charge in [-0.15, -0.1) is 0 Å². The molecule has 0 aromatic heterocycles. The highest BCUT2D eigenvalue weighted by molar-refractivity contribution is 5.91. The van der Waals surface area contributed by atoms with Crippen molar-refractivity contribution in [2.75, 3.05) is 12.4 Å². The van der Waals surface area contributed by atoms with Crippen molar-refractivity contribution >= 4 is 17.6 Å². The first-order valence-corrected chi connectivity index (χ1v) is 7.48. The van der Waals surface area contributed by atoms with Crippen LogP contribution in [-0.4, -0.2) is 29.7 Å². The van der Waals surface area contributed by atoms with Gasteiger partial charge in [-0.1, -0.05) is 12.1 Å². The van der Waals surface area contributed by atoms with Crippen LogP contribution in [0.3, 0.4) is 0 Å². The number of aliphatic carboxylic acids is 1. The Hall–Kier alpha value is -1.88. The molecule has 0 saturated heterocycles. The number of anilines is 1. The predicted octanol–water partition coefficient (Wildman–Crippen LogP) is 2.95. The van der Waals surface area contributed by atoms with E-state index in [0.717, 1.165) is 19.3 Å². The maximum absolute atomic E-state index is 12.1. The molecule has 0 radical (unpaired) electrons. The second-order valence-corrected chi connectivity index (χ2v) is 6.47. The first-order valence-electron chi connectivity index (χ1n) is 7.48. The standard InChI is InChI=1S/C17H23NO4/c1-16(2,15(20)21)12-5-7-13(8-6-12)18-14(19)11-17(22-3)9-4-10-17/h5-8H,4,9-11H2,1-3H3,(H,18,19)(H,20,21). The van der Waals surface area contributed by atoms with E-state index >= 15 is 0 Å². The van der Waals surface area contributed by atoms with Crippen LogP contribution in [0.5, 0.6) is 0 Å². The van der Waals surface area contributed by atoms with E-state index in [2.05, 4.69) is 5.32 Å². The van der Waals surface area contributed by atoms with Gasteiger partial charge in [0.15, 0.2) is 0 Å². The number of amides is 1. The van der Waals surface area contributed by atoms with Crippen molar-refractivity contribution in [3.8, 4) is 0 Å². The van der Waals surface area contributed by atoms with Crippen LogP contribution in [-0.2, 0) is 19.7 Å². The summed E-state index contributed by atoms with van der Waals surface area (Å²) in [5.41, 5.74) is 0.120. The van der Waals surface area contributed by atoms with E-state index in [1.807, 2.05) is 0 Å². The minimum Gasteiger partial charge on any atom is -0.481 e. The third-order valence-corrected chi connectivity index (χ3v) is 4.61. The van der Waals surface area contributed by atoms with E-state index in [0.29, 0.717) is 17.7 Å². The number of methoxy groups -OCH3 is 1. The van der Waals surface area contributed by atoms with E-state index in [1.165, 1.54) is 0 Å². The molecule has 1 aliphatic rings. The molecule has 1 aromatic carbocycles. The summed E-state index contributed by atoms with van der Waals surface area (Å²) in [4.78, 5) is 23.3. The molecule has 0 aliphatic heterocycles. The number of hydrogen-bond donors (Lipinski definition) is 2. The van der Waals surface area contributed by atoms with E-state index < -0.39 is 11.4 Å². The second kappa shape index (κ2) is 6.08. The van der Waals surface area contributed by atoms with Crippen LogP contribution >= 0.6 is 0 Å². The van der Waals surface area contributed by atoms with Gasteiger partial charge in [-0.3, -0.25) is 9.59 Å². The number of carboxylic acid groups (broad SMARTS) is 1. The summed E-state index contributed by atoms with van der Waals surface area (Å²) in [5, 5.41) is 12.1. The molecule has 0 atom stereocenters. The Balaban J connectivity index is 1.99. The summed E-state index contributed by atoms with van der Waals surface area (Å²) in [5.74, 6) is -0.955. The zero-order chi connectivity index (χ0) is 16.4. The topological polar surface area (TPSA) is 75.6 Å². The molecule has 120 valence electrons. The third kappa shape index (κ3) is 3.30. The average molecular weight is 305 g/mol. The van der Waals surface area contributed by atoms with E-state index in [1.54, 1.807) is 45.2 Å². The molecule has 1 fully saturated rings. The molecule has 1 aliphatic carbocycles. The number of carbonyl (C=O) groups excluding carboxylic acids is 1. The van der Waals surface area contributed by atoms with Gasteiger partial charge in [0.05, 0.1) is 17.4 Å². The molecule has 0 unspecified atom stereocenters. The molecule has 1 saturated carbocycles. The van der Waals surface area contributed by atoms with Crippen molar-refractivity contribution in [3.63, 3.8) is 0 Å². The molecule has 2 N–H and O–H groups in total. The Kier molecular flexibility index (Phi) is 4.56. The number of ether oxygens (including phenoxy) is 1. The molecular weight excluding hydrogens is 282 g/mol. The molecule has 0 heterocycles. The number of hydrogen-bond acceptors (Lipinski definition) is 3. The van der Waals surface area contributed by atoms with Gasteiger partial charge in [0.2, 0.25) is 5.91 Å². The van der Waals surface area contributed by atoms with Gasteiger partial charge < -0.3 is 15.2 Å². The zero-order valence-corrected chi connectivity index (χ0v) is 13.3. The third-order valence-electron chi connectivity index (χ3n) is 4.61. The number of carbonyl (C=O) groups is 2. The number of nitrogens with one attached hydrogen (secondary N) is 1. The van der Waals surface area contributed by atoms with Gasteiger partial charge in [-0.05, 0) is 50.8 Å². The molecule has 5 nitrogen and oxygen atoms in total. The van der Waals surface area contributed by atoms with E-state index in [9.17, 15) is 14.7 Å². The normalized spacial score (nSPS) is 16.7. The highest BCUT2D eigenvalue weighted by Gasteiger charge is 2.39. The van der Waals surface area contributed by atoms with Gasteiger partial charge in [-0.25, -0.2) is 0 Å². The van der Waals surface area contributed by atoms with Crippen molar-refractivity contribution in [1.82, 2.24) is 0 Å². The fourth-order valence-corrected chi connectivity index (χ4v) is 2.62. The van der Waals surface area contributed by atoms with Crippen molar-refractivity contribution in [3.05, 3.63) is 29.8 Å². The Morgan fingerprint density at radius 1 is 1.27 bits per heavy atom. The molecular formula is C17H23NO4. The molecule has 1 aromatic rings. The fourth-order valence-electron chi connectivity index (χ4n) is 2.62. The monoisotopic (exact) mass is 305 g/mol. The second-order valence-electron chi connectivity index (χ2n) is 6.47. The summed E-state index contributed by atoms with van der Waals surface area (Å²) < 4.78 is 5.45. The van der Waals surface area contributed by atoms with Crippen LogP contribution in [0.15, 0.2) is 24.3 Å². The summed E-state index contributed by atoms with van der Waals surface area (Å²) in [6, 6.07) is 6.94. The Labute approximate surface area is 130 Å². The highest BCUT2D eigenvalue weighted by atomic mass is 16.5. The van der Waals surface area contributed by atoms with Crippen LogP contribution < -0.4 is 5.32 Å². The fraction of sp³-hybridized carbons (Fsp3) is 0.529. The molecule has 1 amide bonds. The number of benzene rings is 1. The van der Waals surface area contributed by atoms with Crippen molar-refractivity contribution < 1.29 is 19.4 Å². The first kappa shape index (κ1) is 16.5. The number of carboxylic acids is 1. The van der Waals surface area contributed by atoms with Gasteiger partial charge in [0, 0.05) is 12.8 Å². The molecule has 5 heteroatoms. The lowest BCUT2D eigenvalue weighted by molar-refractivity contribution is -0.142. The van der Waals surface area contributed by atoms with Gasteiger partial charge in [-0.2, -0.15) is 0 Å². The van der Waals surface area contributed by atoms with Crippen LogP contribution in [0.1, 0.15) is 45.1 Å². The van der Waals surface area contributed by atoms with Gasteiger partial charge >= 0.3 is 5.97 Å². The van der Waals surface area contributed by atoms with Crippen LogP contribution in [0.2, 0.25) is 0 Å². The van der Waals surface area contributed by atoms with Gasteiger partial charge in [0.1, 0.15) is 0 Å². The minimum absolute atomic E-state index is 0.0770. The first-order chi connectivity index (χ1) is 10.3. The van der Waals surface area contributed by atoms with Gasteiger partial charge in [0.25, 0.3) is 0 Å². The van der Waals surface area contributed by atoms with Crippen molar-refractivity contribution in [1.29, 1.82) is 0 Å². The predicted molar refractivity (Wildman–Crippen MR) is 83.9 cm³/mol. The van der Waals surface area contributed by atoms with Crippen molar-refractivity contribution in [2.24, 2.45) is 0 Å². The van der Waals surface area contributed by atoms with Crippen LogP contribution in [0, 0.1) is 0 Å². The SMILES string of the molecule is COC1(CC(=O)Nc2ccc(C(C)(C)C(=O)O)cc2)CCC1. The quantitative estimate of drug-likeness (QED) is 0.847. The molecule has 0 spiro atoms. The minimum atomic E-state index is -0.950. The van der Waals surface area contributed by atoms with Crippen LogP contribution in [0.4, 0.5) is 5.69 Å². The molecule has 22 heavy (non-hydrogen) atoms. The lowest BCUT2D eigenvalue weighted by Crippen LogP contribution is -2.42. The average Bonchev–Trinajstić information content (AvgIpc) is 2.43. The summed E-state index contributed by atoms with van der Waals surface area (Å²) in [6.45, 7) is 3.31. The summed E-state index contributed by atoms with van der Waals surface area (Å²) >= 11 is 0. The zero-order valence-electron chi connectivity index (χ0n) is 13.3. The number of rotatable bonds is 6. The smallest absolute Gasteiger partial charge is 0.313 e. The van der Waals surface area contributed by atoms with Crippen LogP contribution in [0.25, 0.3) is 0 Å². The lowest BCUT2D eigenvalue weighted by Gasteiger charge is -2.39. The molecule has 2 rings (SSSR count). The van der Waals surface area contributed by atoms with Crippen molar-refractivity contribution in [2.45, 2.75) is 50.5 Å². The summed E-state index contributed by atoms with van der Waals surface area (Å²) in [7, 11) is 1.65. The highest BCUT2D eigenvalue weighted by Crippen LogP contribution is 2.38. The maximum atomic E-state index is 12.1. The largest absolute Gasteiger partial charge is 0.481 e. The maximum Gasteiger partial charge on any atom is 0.313 e. The Morgan fingerprint density at radius 3 is 2.27 bits per heavy atom. The van der Waals surface area contributed by atoms with E-state index in [-0.39, 0.29) is 11.5 Å². The Morgan fingerprint density at radius 2 is 1.86 bits per heavy atom. The van der Waals surface area contributed by atoms with E-state index in [4.69, 9.17) is 4.74 Å². The molecule has 0 bridgehead atoms.